The van der Waals surface area contributed by atoms with Gasteiger partial charge in [-0.1, -0.05) is 6.92 Å². The third kappa shape index (κ3) is 2.55. The van der Waals surface area contributed by atoms with Gasteiger partial charge in [0, 0.05) is 6.04 Å². The number of hydrogen-bond acceptors (Lipinski definition) is 1. The normalized spacial score (nSPS) is 20.7. The largest absolute Gasteiger partial charge is 0.317 e. The van der Waals surface area contributed by atoms with Crippen LogP contribution < -0.4 is 5.32 Å². The molecule has 1 N–H and O–H groups in total. The van der Waals surface area contributed by atoms with Crippen molar-refractivity contribution in [2.24, 2.45) is 5.92 Å². The van der Waals surface area contributed by atoms with Gasteiger partial charge >= 0.3 is 0 Å². The zero-order valence-electron chi connectivity index (χ0n) is 6.18. The van der Waals surface area contributed by atoms with Crippen LogP contribution in [0.2, 0.25) is 0 Å². The summed E-state index contributed by atoms with van der Waals surface area (Å²) < 4.78 is 0. The van der Waals surface area contributed by atoms with Crippen LogP contribution in [0.3, 0.4) is 0 Å². The minimum atomic E-state index is 0. The third-order valence-corrected chi connectivity index (χ3v) is 2.00. The van der Waals surface area contributed by atoms with Gasteiger partial charge in [0.1, 0.15) is 0 Å². The van der Waals surface area contributed by atoms with Gasteiger partial charge in [0.15, 0.2) is 0 Å². The summed E-state index contributed by atoms with van der Waals surface area (Å²) in [6.45, 7) is 2.25. The number of halogens is 1. The molecule has 1 saturated carbocycles. The van der Waals surface area contributed by atoms with Crippen molar-refractivity contribution < 1.29 is 0 Å². The van der Waals surface area contributed by atoms with Crippen LogP contribution in [0.5, 0.6) is 0 Å². The highest BCUT2D eigenvalue weighted by Crippen LogP contribution is 2.33. The summed E-state index contributed by atoms with van der Waals surface area (Å²) >= 11 is 0. The molecule has 0 heterocycles. The van der Waals surface area contributed by atoms with E-state index in [1.807, 2.05) is 0 Å². The lowest BCUT2D eigenvalue weighted by Gasteiger charge is -2.10. The number of nitrogens with one attached hydrogen (secondary N) is 1. The van der Waals surface area contributed by atoms with Crippen LogP contribution in [0.25, 0.3) is 0 Å². The molecule has 1 rings (SSSR count). The van der Waals surface area contributed by atoms with Crippen LogP contribution in [-0.2, 0) is 0 Å². The second-order valence-electron chi connectivity index (χ2n) is 2.64. The fourth-order valence-electron chi connectivity index (χ4n) is 1.27. The van der Waals surface area contributed by atoms with Crippen molar-refractivity contribution in [2.75, 3.05) is 7.05 Å². The number of rotatable bonds is 3. The van der Waals surface area contributed by atoms with Crippen LogP contribution in [0.4, 0.5) is 0 Å². The molecule has 0 spiro atoms. The van der Waals surface area contributed by atoms with Crippen molar-refractivity contribution in [3.63, 3.8) is 0 Å². The monoisotopic (exact) mass is 149 g/mol. The van der Waals surface area contributed by atoms with E-state index in [0.29, 0.717) is 0 Å². The van der Waals surface area contributed by atoms with Crippen molar-refractivity contribution in [1.29, 1.82) is 0 Å². The fraction of sp³-hybridized carbons (Fsp3) is 1.00. The maximum absolute atomic E-state index is 3.31. The minimum Gasteiger partial charge on any atom is -0.317 e. The molecule has 0 aliphatic heterocycles. The Morgan fingerprint density at radius 2 is 2.11 bits per heavy atom. The van der Waals surface area contributed by atoms with Crippen LogP contribution in [0, 0.1) is 5.92 Å². The second-order valence-corrected chi connectivity index (χ2v) is 2.64. The zero-order chi connectivity index (χ0) is 5.98. The Hall–Kier alpha value is 0.250. The maximum Gasteiger partial charge on any atom is 0.00897 e. The maximum atomic E-state index is 3.31. The van der Waals surface area contributed by atoms with E-state index in [2.05, 4.69) is 19.3 Å². The molecule has 0 radical (unpaired) electrons. The first-order valence-electron chi connectivity index (χ1n) is 3.55. The van der Waals surface area contributed by atoms with E-state index >= 15 is 0 Å². The van der Waals surface area contributed by atoms with Gasteiger partial charge in [-0.25, -0.2) is 0 Å². The molecule has 0 bridgehead atoms. The highest BCUT2D eigenvalue weighted by molar-refractivity contribution is 5.85. The Kier molecular flexibility index (Phi) is 4.24. The van der Waals surface area contributed by atoms with Crippen molar-refractivity contribution in [1.82, 2.24) is 5.32 Å². The predicted molar refractivity (Wildman–Crippen MR) is 43.1 cm³/mol. The highest BCUT2D eigenvalue weighted by Gasteiger charge is 2.28. The van der Waals surface area contributed by atoms with Crippen molar-refractivity contribution >= 4 is 12.4 Å². The SMILES string of the molecule is CCC(NC)C1CC1.Cl. The summed E-state index contributed by atoms with van der Waals surface area (Å²) in [5.74, 6) is 1.02. The first kappa shape index (κ1) is 9.25. The molecule has 9 heavy (non-hydrogen) atoms. The lowest BCUT2D eigenvalue weighted by Crippen LogP contribution is -2.25. The molecule has 2 heteroatoms. The zero-order valence-corrected chi connectivity index (χ0v) is 7.00. The molecule has 1 aliphatic carbocycles. The van der Waals surface area contributed by atoms with E-state index in [1.165, 1.54) is 19.3 Å². The highest BCUT2D eigenvalue weighted by atomic mass is 35.5. The fourth-order valence-corrected chi connectivity index (χ4v) is 1.27. The quantitative estimate of drug-likeness (QED) is 0.646. The van der Waals surface area contributed by atoms with E-state index in [-0.39, 0.29) is 12.4 Å². The van der Waals surface area contributed by atoms with Gasteiger partial charge in [0.05, 0.1) is 0 Å². The minimum absolute atomic E-state index is 0. The second kappa shape index (κ2) is 4.13. The predicted octanol–water partition coefficient (Wildman–Crippen LogP) is 1.82. The molecule has 0 amide bonds. The topological polar surface area (TPSA) is 12.0 Å². The molecule has 1 atom stereocenters. The molecule has 1 unspecified atom stereocenters. The van der Waals surface area contributed by atoms with E-state index < -0.39 is 0 Å². The molecular formula is C7H16ClN. The summed E-state index contributed by atoms with van der Waals surface area (Å²) in [6.07, 6.45) is 4.21. The van der Waals surface area contributed by atoms with Crippen LogP contribution >= 0.6 is 12.4 Å². The summed E-state index contributed by atoms with van der Waals surface area (Å²) in [7, 11) is 2.06. The molecular weight excluding hydrogens is 134 g/mol. The molecule has 0 aromatic rings. The molecule has 1 nitrogen and oxygen atoms in total. The molecule has 0 aromatic carbocycles. The van der Waals surface area contributed by atoms with Gasteiger partial charge in [-0.15, -0.1) is 12.4 Å². The lowest BCUT2D eigenvalue weighted by atomic mass is 10.1. The van der Waals surface area contributed by atoms with Gasteiger partial charge in [0.25, 0.3) is 0 Å². The van der Waals surface area contributed by atoms with Gasteiger partial charge in [-0.3, -0.25) is 0 Å². The van der Waals surface area contributed by atoms with Crippen molar-refractivity contribution in [2.45, 2.75) is 32.2 Å². The van der Waals surface area contributed by atoms with Gasteiger partial charge in [-0.2, -0.15) is 0 Å². The third-order valence-electron chi connectivity index (χ3n) is 2.00. The van der Waals surface area contributed by atoms with E-state index in [9.17, 15) is 0 Å². The van der Waals surface area contributed by atoms with E-state index in [4.69, 9.17) is 0 Å². The number of hydrogen-bond donors (Lipinski definition) is 1. The average molecular weight is 150 g/mol. The Morgan fingerprint density at radius 3 is 2.22 bits per heavy atom. The summed E-state index contributed by atoms with van der Waals surface area (Å²) in [6, 6.07) is 0.815. The summed E-state index contributed by atoms with van der Waals surface area (Å²) in [5, 5.41) is 3.31. The van der Waals surface area contributed by atoms with Crippen LogP contribution in [0.1, 0.15) is 26.2 Å². The lowest BCUT2D eigenvalue weighted by molar-refractivity contribution is 0.489. The van der Waals surface area contributed by atoms with E-state index in [1.54, 1.807) is 0 Å². The Balaban J connectivity index is 0.000000640. The van der Waals surface area contributed by atoms with Gasteiger partial charge in [0.2, 0.25) is 0 Å². The van der Waals surface area contributed by atoms with Gasteiger partial charge < -0.3 is 5.32 Å². The van der Waals surface area contributed by atoms with Crippen molar-refractivity contribution in [3.05, 3.63) is 0 Å². The smallest absolute Gasteiger partial charge is 0.00897 e. The van der Waals surface area contributed by atoms with Gasteiger partial charge in [-0.05, 0) is 32.2 Å². The Morgan fingerprint density at radius 1 is 1.56 bits per heavy atom. The molecule has 56 valence electrons. The average Bonchev–Trinajstić information content (AvgIpc) is 2.53. The molecule has 0 aromatic heterocycles. The molecule has 1 fully saturated rings. The summed E-state index contributed by atoms with van der Waals surface area (Å²) in [4.78, 5) is 0. The Bertz CT molecular complexity index is 67.3. The summed E-state index contributed by atoms with van der Waals surface area (Å²) in [5.41, 5.74) is 0. The standard InChI is InChI=1S/C7H15N.ClH/c1-3-7(8-2)6-4-5-6;/h6-8H,3-5H2,1-2H3;1H. The molecule has 1 aliphatic rings. The molecule has 0 saturated heterocycles. The van der Waals surface area contributed by atoms with Crippen LogP contribution in [0.15, 0.2) is 0 Å². The van der Waals surface area contributed by atoms with Crippen molar-refractivity contribution in [3.8, 4) is 0 Å². The van der Waals surface area contributed by atoms with E-state index in [0.717, 1.165) is 12.0 Å². The van der Waals surface area contributed by atoms with Crippen LogP contribution in [-0.4, -0.2) is 13.1 Å². The Labute approximate surface area is 63.6 Å². The first-order valence-corrected chi connectivity index (χ1v) is 3.55. The first-order chi connectivity index (χ1) is 3.88.